The molecular formula is C16H19Cl2NOS. The molecule has 2 heterocycles. The molecule has 114 valence electrons. The van der Waals surface area contributed by atoms with Crippen molar-refractivity contribution < 1.29 is 4.79 Å². The first-order chi connectivity index (χ1) is 9.77. The van der Waals surface area contributed by atoms with E-state index in [2.05, 4.69) is 0 Å². The number of amides is 1. The summed E-state index contributed by atoms with van der Waals surface area (Å²) in [4.78, 5) is 13.6. The third kappa shape index (κ3) is 2.29. The molecule has 0 N–H and O–H groups in total. The zero-order valence-corrected chi connectivity index (χ0v) is 14.7. The first-order valence-corrected chi connectivity index (χ1v) is 8.96. The maximum atomic E-state index is 12.5. The van der Waals surface area contributed by atoms with Gasteiger partial charge < -0.3 is 4.90 Å². The number of nitrogens with zero attached hydrogens (tertiary/aromatic N) is 1. The van der Waals surface area contributed by atoms with Crippen LogP contribution in [-0.4, -0.2) is 38.3 Å². The topological polar surface area (TPSA) is 20.3 Å². The molecule has 1 aromatic rings. The second kappa shape index (κ2) is 5.07. The van der Waals surface area contributed by atoms with Gasteiger partial charge in [0.1, 0.15) is 0 Å². The molecule has 2 saturated heterocycles. The molecule has 4 atom stereocenters. The van der Waals surface area contributed by atoms with E-state index in [9.17, 15) is 4.79 Å². The van der Waals surface area contributed by atoms with Crippen LogP contribution in [0.1, 0.15) is 31.7 Å². The van der Waals surface area contributed by atoms with Gasteiger partial charge in [0.15, 0.2) is 4.87 Å². The minimum Gasteiger partial charge on any atom is -0.330 e. The SMILES string of the molecule is CC(C)(C)N1C(=O)C2(Cl)CSC(C(Cl)c3ccccc3)C12. The number of alkyl halides is 2. The quantitative estimate of drug-likeness (QED) is 0.595. The largest absolute Gasteiger partial charge is 0.330 e. The average molecular weight is 344 g/mol. The molecule has 1 amide bonds. The van der Waals surface area contributed by atoms with Crippen molar-refractivity contribution in [1.82, 2.24) is 4.90 Å². The molecule has 2 nitrogen and oxygen atoms in total. The van der Waals surface area contributed by atoms with Crippen molar-refractivity contribution in [2.45, 2.75) is 47.9 Å². The van der Waals surface area contributed by atoms with Crippen molar-refractivity contribution in [2.75, 3.05) is 5.75 Å². The summed E-state index contributed by atoms with van der Waals surface area (Å²) in [6.45, 7) is 6.15. The van der Waals surface area contributed by atoms with Crippen LogP contribution in [0.3, 0.4) is 0 Å². The lowest BCUT2D eigenvalue weighted by Gasteiger charge is -2.57. The van der Waals surface area contributed by atoms with Crippen LogP contribution in [0.15, 0.2) is 30.3 Å². The van der Waals surface area contributed by atoms with Gasteiger partial charge in [0, 0.05) is 16.5 Å². The Bertz CT molecular complexity index is 559. The summed E-state index contributed by atoms with van der Waals surface area (Å²) in [6.07, 6.45) is 0. The van der Waals surface area contributed by atoms with Crippen molar-refractivity contribution >= 4 is 40.9 Å². The molecule has 2 aliphatic heterocycles. The molecule has 0 aromatic heterocycles. The van der Waals surface area contributed by atoms with Gasteiger partial charge in [0.2, 0.25) is 5.91 Å². The highest BCUT2D eigenvalue weighted by Crippen LogP contribution is 2.57. The number of carbonyl (C=O) groups excluding carboxylic acids is 1. The first kappa shape index (κ1) is 15.5. The lowest BCUT2D eigenvalue weighted by atomic mass is 9.79. The van der Waals surface area contributed by atoms with E-state index in [0.29, 0.717) is 5.75 Å². The van der Waals surface area contributed by atoms with Crippen molar-refractivity contribution in [3.63, 3.8) is 0 Å². The van der Waals surface area contributed by atoms with Crippen LogP contribution in [-0.2, 0) is 4.79 Å². The molecule has 0 saturated carbocycles. The van der Waals surface area contributed by atoms with Gasteiger partial charge in [0.25, 0.3) is 0 Å². The Hall–Kier alpha value is -0.380. The van der Waals surface area contributed by atoms with Crippen LogP contribution in [0.2, 0.25) is 0 Å². The molecule has 0 spiro atoms. The van der Waals surface area contributed by atoms with Gasteiger partial charge in [-0.2, -0.15) is 11.8 Å². The van der Waals surface area contributed by atoms with E-state index in [4.69, 9.17) is 23.2 Å². The summed E-state index contributed by atoms with van der Waals surface area (Å²) >= 11 is 15.0. The van der Waals surface area contributed by atoms with Gasteiger partial charge in [-0.15, -0.1) is 23.2 Å². The summed E-state index contributed by atoms with van der Waals surface area (Å²) in [7, 11) is 0. The Balaban J connectivity index is 1.90. The Morgan fingerprint density at radius 1 is 1.33 bits per heavy atom. The van der Waals surface area contributed by atoms with Gasteiger partial charge in [-0.05, 0) is 26.3 Å². The zero-order valence-electron chi connectivity index (χ0n) is 12.3. The molecule has 3 rings (SSSR count). The molecule has 4 unspecified atom stereocenters. The van der Waals surface area contributed by atoms with Gasteiger partial charge in [0.05, 0.1) is 11.4 Å². The molecule has 0 bridgehead atoms. The average Bonchev–Trinajstić information content (AvgIpc) is 2.72. The summed E-state index contributed by atoms with van der Waals surface area (Å²) < 4.78 is 0. The van der Waals surface area contributed by atoms with Crippen LogP contribution in [0.4, 0.5) is 0 Å². The predicted molar refractivity (Wildman–Crippen MR) is 90.3 cm³/mol. The maximum Gasteiger partial charge on any atom is 0.247 e. The fourth-order valence-corrected chi connectivity index (χ4v) is 5.93. The van der Waals surface area contributed by atoms with Crippen LogP contribution in [0.25, 0.3) is 0 Å². The van der Waals surface area contributed by atoms with Crippen molar-refractivity contribution in [2.24, 2.45) is 0 Å². The van der Waals surface area contributed by atoms with Gasteiger partial charge in [-0.1, -0.05) is 30.3 Å². The normalized spacial score (nSPS) is 33.6. The molecule has 0 aliphatic carbocycles. The Morgan fingerprint density at radius 3 is 2.52 bits per heavy atom. The Labute approximate surface area is 140 Å². The predicted octanol–water partition coefficient (Wildman–Crippen LogP) is 4.07. The molecule has 21 heavy (non-hydrogen) atoms. The van der Waals surface area contributed by atoms with Crippen LogP contribution < -0.4 is 0 Å². The Morgan fingerprint density at radius 2 is 1.95 bits per heavy atom. The van der Waals surface area contributed by atoms with Gasteiger partial charge in [-0.3, -0.25) is 4.79 Å². The summed E-state index contributed by atoms with van der Waals surface area (Å²) in [5.74, 6) is 0.694. The van der Waals surface area contributed by atoms with Crippen LogP contribution in [0.5, 0.6) is 0 Å². The smallest absolute Gasteiger partial charge is 0.247 e. The van der Waals surface area contributed by atoms with E-state index in [0.717, 1.165) is 5.56 Å². The number of likely N-dealkylation sites (tertiary alicyclic amines) is 1. The van der Waals surface area contributed by atoms with Crippen molar-refractivity contribution in [3.8, 4) is 0 Å². The standard InChI is InChI=1S/C16H19Cl2NOS/c1-15(2,3)19-13-12(21-9-16(13,18)14(19)20)11(17)10-7-5-4-6-8-10/h4-8,11-13H,9H2,1-3H3. The zero-order chi connectivity index (χ0) is 15.4. The lowest BCUT2D eigenvalue weighted by Crippen LogP contribution is -2.76. The molecule has 5 heteroatoms. The summed E-state index contributed by atoms with van der Waals surface area (Å²) in [6, 6.07) is 10.0. The van der Waals surface area contributed by atoms with E-state index in [-0.39, 0.29) is 28.1 Å². The van der Waals surface area contributed by atoms with E-state index in [1.54, 1.807) is 11.8 Å². The minimum absolute atomic E-state index is 0.000581. The van der Waals surface area contributed by atoms with E-state index < -0.39 is 4.87 Å². The van der Waals surface area contributed by atoms with Gasteiger partial charge >= 0.3 is 0 Å². The number of carbonyl (C=O) groups is 1. The van der Waals surface area contributed by atoms with E-state index in [1.165, 1.54) is 0 Å². The highest BCUT2D eigenvalue weighted by molar-refractivity contribution is 8.00. The second-order valence-electron chi connectivity index (χ2n) is 6.74. The Kier molecular flexibility index (Phi) is 3.75. The summed E-state index contributed by atoms with van der Waals surface area (Å²) in [5, 5.41) is -0.0109. The van der Waals surface area contributed by atoms with Gasteiger partial charge in [-0.25, -0.2) is 0 Å². The number of rotatable bonds is 2. The van der Waals surface area contributed by atoms with Crippen LogP contribution >= 0.6 is 35.0 Å². The maximum absolute atomic E-state index is 12.5. The summed E-state index contributed by atoms with van der Waals surface area (Å²) in [5.41, 5.74) is 0.863. The highest BCUT2D eigenvalue weighted by atomic mass is 35.5. The number of thioether (sulfide) groups is 1. The molecule has 2 aliphatic rings. The molecule has 0 radical (unpaired) electrons. The number of hydrogen-bond acceptors (Lipinski definition) is 2. The molecule has 2 fully saturated rings. The first-order valence-electron chi connectivity index (χ1n) is 7.10. The monoisotopic (exact) mass is 343 g/mol. The van der Waals surface area contributed by atoms with Crippen LogP contribution in [0, 0.1) is 0 Å². The third-order valence-corrected chi connectivity index (χ3v) is 7.13. The highest BCUT2D eigenvalue weighted by Gasteiger charge is 2.69. The fraction of sp³-hybridized carbons (Fsp3) is 0.562. The molecule has 1 aromatic carbocycles. The number of fused-ring (bicyclic) bond motifs is 1. The number of halogens is 2. The lowest BCUT2D eigenvalue weighted by molar-refractivity contribution is -0.159. The fourth-order valence-electron chi connectivity index (χ4n) is 3.25. The second-order valence-corrected chi connectivity index (χ2v) is 9.05. The number of benzene rings is 1. The van der Waals surface area contributed by atoms with Crippen molar-refractivity contribution in [3.05, 3.63) is 35.9 Å². The third-order valence-electron chi connectivity index (χ3n) is 4.25. The number of β-lactam (4-membered cyclic amide) rings is 1. The minimum atomic E-state index is -0.759. The van der Waals surface area contributed by atoms with Crippen molar-refractivity contribution in [1.29, 1.82) is 0 Å². The van der Waals surface area contributed by atoms with E-state index in [1.807, 2.05) is 56.0 Å². The van der Waals surface area contributed by atoms with E-state index >= 15 is 0 Å². The number of hydrogen-bond donors (Lipinski definition) is 0. The molecular weight excluding hydrogens is 325 g/mol.